The summed E-state index contributed by atoms with van der Waals surface area (Å²) in [5.41, 5.74) is 0.567. The zero-order chi connectivity index (χ0) is 14.7. The van der Waals surface area contributed by atoms with Crippen molar-refractivity contribution in [2.75, 3.05) is 5.32 Å². The van der Waals surface area contributed by atoms with Crippen molar-refractivity contribution in [3.63, 3.8) is 0 Å². The Morgan fingerprint density at radius 3 is 2.90 bits per heavy atom. The fourth-order valence-electron chi connectivity index (χ4n) is 2.12. The molecule has 1 amide bonds. The van der Waals surface area contributed by atoms with Crippen LogP contribution < -0.4 is 10.1 Å². The van der Waals surface area contributed by atoms with E-state index >= 15 is 0 Å². The zero-order valence-corrected chi connectivity index (χ0v) is 12.8. The minimum atomic E-state index is -0.165. The highest BCUT2D eigenvalue weighted by molar-refractivity contribution is 7.15. The van der Waals surface area contributed by atoms with Gasteiger partial charge < -0.3 is 4.74 Å². The fourth-order valence-corrected chi connectivity index (χ4v) is 2.87. The van der Waals surface area contributed by atoms with Crippen LogP contribution in [0.1, 0.15) is 41.4 Å². The molecule has 1 saturated carbocycles. The van der Waals surface area contributed by atoms with Gasteiger partial charge in [0, 0.05) is 11.1 Å². The van der Waals surface area contributed by atoms with Crippen LogP contribution in [0.25, 0.3) is 0 Å². The molecule has 110 valence electrons. The number of aromatic nitrogens is 1. The maximum atomic E-state index is 12.4. The van der Waals surface area contributed by atoms with E-state index in [-0.39, 0.29) is 12.0 Å². The monoisotopic (exact) mass is 302 g/mol. The first-order valence-corrected chi connectivity index (χ1v) is 8.09. The van der Waals surface area contributed by atoms with Crippen LogP contribution in [-0.4, -0.2) is 17.0 Å². The van der Waals surface area contributed by atoms with E-state index in [1.54, 1.807) is 12.3 Å². The second-order valence-corrected chi connectivity index (χ2v) is 6.22. The summed E-state index contributed by atoms with van der Waals surface area (Å²) >= 11 is 1.51. The Morgan fingerprint density at radius 1 is 1.43 bits per heavy atom. The molecule has 5 heteroatoms. The molecule has 3 rings (SSSR count). The highest BCUT2D eigenvalue weighted by atomic mass is 32.1. The third-order valence-corrected chi connectivity index (χ3v) is 4.66. The molecule has 0 bridgehead atoms. The van der Waals surface area contributed by atoms with Crippen LogP contribution >= 0.6 is 11.3 Å². The largest absolute Gasteiger partial charge is 0.490 e. The average Bonchev–Trinajstić information content (AvgIpc) is 2.91. The predicted molar refractivity (Wildman–Crippen MR) is 84.2 cm³/mol. The number of aryl methyl sites for hydroxylation is 1. The number of para-hydroxylation sites is 1. The van der Waals surface area contributed by atoms with Gasteiger partial charge in [-0.05, 0) is 37.8 Å². The van der Waals surface area contributed by atoms with Gasteiger partial charge in [-0.3, -0.25) is 10.1 Å². The maximum absolute atomic E-state index is 12.4. The predicted octanol–water partition coefficient (Wildman–Crippen LogP) is 3.89. The standard InChI is InChI=1S/C16H18N2O2S/c1-2-12-10-17-16(21-12)18-15(19)13-8-3-4-9-14(13)20-11-6-5-7-11/h3-4,8-11H,2,5-7H2,1H3,(H,17,18,19). The summed E-state index contributed by atoms with van der Waals surface area (Å²) in [5, 5.41) is 3.49. The van der Waals surface area contributed by atoms with Crippen molar-refractivity contribution in [1.29, 1.82) is 0 Å². The molecular weight excluding hydrogens is 284 g/mol. The molecule has 0 unspecified atom stereocenters. The second kappa shape index (κ2) is 6.26. The van der Waals surface area contributed by atoms with E-state index in [9.17, 15) is 4.79 Å². The number of benzene rings is 1. The Hall–Kier alpha value is -1.88. The number of carbonyl (C=O) groups excluding carboxylic acids is 1. The second-order valence-electron chi connectivity index (χ2n) is 5.11. The molecule has 0 aliphatic heterocycles. The van der Waals surface area contributed by atoms with Crippen LogP contribution in [0.5, 0.6) is 5.75 Å². The Kier molecular flexibility index (Phi) is 4.20. The van der Waals surface area contributed by atoms with Crippen LogP contribution in [0, 0.1) is 0 Å². The molecule has 0 atom stereocenters. The van der Waals surface area contributed by atoms with Gasteiger partial charge in [0.05, 0.1) is 11.7 Å². The van der Waals surface area contributed by atoms with Gasteiger partial charge in [-0.25, -0.2) is 4.98 Å². The average molecular weight is 302 g/mol. The van der Waals surface area contributed by atoms with Crippen molar-refractivity contribution < 1.29 is 9.53 Å². The highest BCUT2D eigenvalue weighted by Gasteiger charge is 2.22. The Bertz CT molecular complexity index is 635. The van der Waals surface area contributed by atoms with Gasteiger partial charge in [0.1, 0.15) is 5.75 Å². The summed E-state index contributed by atoms with van der Waals surface area (Å²) in [4.78, 5) is 17.8. The van der Waals surface area contributed by atoms with Crippen LogP contribution in [-0.2, 0) is 6.42 Å². The summed E-state index contributed by atoms with van der Waals surface area (Å²) < 4.78 is 5.89. The smallest absolute Gasteiger partial charge is 0.261 e. The third-order valence-electron chi connectivity index (χ3n) is 3.60. The Morgan fingerprint density at radius 2 is 2.24 bits per heavy atom. The number of hydrogen-bond acceptors (Lipinski definition) is 4. The number of anilines is 1. The van der Waals surface area contributed by atoms with Gasteiger partial charge in [0.2, 0.25) is 0 Å². The molecule has 0 saturated heterocycles. The number of ether oxygens (including phenoxy) is 1. The zero-order valence-electron chi connectivity index (χ0n) is 12.0. The van der Waals surface area contributed by atoms with Crippen molar-refractivity contribution in [2.24, 2.45) is 0 Å². The lowest BCUT2D eigenvalue weighted by Gasteiger charge is -2.27. The number of nitrogens with zero attached hydrogens (tertiary/aromatic N) is 1. The van der Waals surface area contributed by atoms with Gasteiger partial charge in [0.15, 0.2) is 5.13 Å². The molecule has 1 aliphatic rings. The molecule has 1 aliphatic carbocycles. The molecule has 2 aromatic rings. The minimum absolute atomic E-state index is 0.165. The van der Waals surface area contributed by atoms with Crippen molar-refractivity contribution in [2.45, 2.75) is 38.7 Å². The van der Waals surface area contributed by atoms with E-state index in [2.05, 4.69) is 17.2 Å². The SMILES string of the molecule is CCc1cnc(NC(=O)c2ccccc2OC2CCC2)s1. The van der Waals surface area contributed by atoms with Crippen molar-refractivity contribution in [3.05, 3.63) is 40.9 Å². The minimum Gasteiger partial charge on any atom is -0.490 e. The number of rotatable bonds is 5. The Balaban J connectivity index is 1.73. The molecule has 1 N–H and O–H groups in total. The Labute approximate surface area is 128 Å². The number of hydrogen-bond donors (Lipinski definition) is 1. The van der Waals surface area contributed by atoms with E-state index in [1.807, 2.05) is 18.2 Å². The molecule has 1 heterocycles. The van der Waals surface area contributed by atoms with Crippen LogP contribution in [0.2, 0.25) is 0 Å². The first-order chi connectivity index (χ1) is 10.3. The van der Waals surface area contributed by atoms with Gasteiger partial charge in [-0.1, -0.05) is 19.1 Å². The van der Waals surface area contributed by atoms with Gasteiger partial charge in [0.25, 0.3) is 5.91 Å². The molecule has 0 spiro atoms. The quantitative estimate of drug-likeness (QED) is 0.911. The van der Waals surface area contributed by atoms with Crippen LogP contribution in [0.3, 0.4) is 0 Å². The maximum Gasteiger partial charge on any atom is 0.261 e. The first kappa shape index (κ1) is 14.1. The lowest BCUT2D eigenvalue weighted by Crippen LogP contribution is -2.26. The van der Waals surface area contributed by atoms with E-state index in [4.69, 9.17) is 4.74 Å². The van der Waals surface area contributed by atoms with Gasteiger partial charge >= 0.3 is 0 Å². The summed E-state index contributed by atoms with van der Waals surface area (Å²) in [5.74, 6) is 0.494. The summed E-state index contributed by atoms with van der Waals surface area (Å²) in [6.45, 7) is 2.07. The van der Waals surface area contributed by atoms with E-state index < -0.39 is 0 Å². The van der Waals surface area contributed by atoms with Crippen molar-refractivity contribution in [1.82, 2.24) is 4.98 Å². The molecule has 21 heavy (non-hydrogen) atoms. The molecule has 0 radical (unpaired) electrons. The summed E-state index contributed by atoms with van der Waals surface area (Å²) in [6, 6.07) is 7.38. The highest BCUT2D eigenvalue weighted by Crippen LogP contribution is 2.28. The summed E-state index contributed by atoms with van der Waals surface area (Å²) in [6.07, 6.45) is 6.33. The normalized spacial score (nSPS) is 14.5. The van der Waals surface area contributed by atoms with E-state index in [0.717, 1.165) is 24.1 Å². The van der Waals surface area contributed by atoms with Crippen molar-refractivity contribution >= 4 is 22.4 Å². The molecule has 4 nitrogen and oxygen atoms in total. The molecule has 1 aromatic carbocycles. The number of amides is 1. The topological polar surface area (TPSA) is 51.2 Å². The van der Waals surface area contributed by atoms with E-state index in [1.165, 1.54) is 17.8 Å². The number of thiazole rings is 1. The van der Waals surface area contributed by atoms with Crippen LogP contribution in [0.4, 0.5) is 5.13 Å². The lowest BCUT2D eigenvalue weighted by atomic mass is 9.96. The number of carbonyl (C=O) groups is 1. The third kappa shape index (κ3) is 3.24. The fraction of sp³-hybridized carbons (Fsp3) is 0.375. The number of nitrogens with one attached hydrogen (secondary N) is 1. The lowest BCUT2D eigenvalue weighted by molar-refractivity contribution is 0.0992. The van der Waals surface area contributed by atoms with Crippen LogP contribution in [0.15, 0.2) is 30.5 Å². The van der Waals surface area contributed by atoms with Gasteiger partial charge in [-0.2, -0.15) is 0 Å². The first-order valence-electron chi connectivity index (χ1n) is 7.28. The molecule has 1 fully saturated rings. The van der Waals surface area contributed by atoms with E-state index in [0.29, 0.717) is 16.4 Å². The molecule has 1 aromatic heterocycles. The van der Waals surface area contributed by atoms with Gasteiger partial charge in [-0.15, -0.1) is 11.3 Å². The van der Waals surface area contributed by atoms with Crippen molar-refractivity contribution in [3.8, 4) is 5.75 Å². The summed E-state index contributed by atoms with van der Waals surface area (Å²) in [7, 11) is 0. The molecular formula is C16H18N2O2S.